The summed E-state index contributed by atoms with van der Waals surface area (Å²) in [5, 5.41) is 8.53. The zero-order valence-corrected chi connectivity index (χ0v) is 15.3. The molecule has 1 aliphatic heterocycles. The summed E-state index contributed by atoms with van der Waals surface area (Å²) >= 11 is 0. The van der Waals surface area contributed by atoms with E-state index in [1.165, 1.54) is 5.56 Å². The van der Waals surface area contributed by atoms with Crippen LogP contribution in [0, 0.1) is 0 Å². The molecule has 27 heavy (non-hydrogen) atoms. The van der Waals surface area contributed by atoms with E-state index >= 15 is 0 Å². The second kappa shape index (κ2) is 8.23. The van der Waals surface area contributed by atoms with Gasteiger partial charge in [0.25, 0.3) is 5.91 Å². The first-order chi connectivity index (χ1) is 13.3. The molecule has 4 nitrogen and oxygen atoms in total. The highest BCUT2D eigenvalue weighted by molar-refractivity contribution is 6.06. The van der Waals surface area contributed by atoms with Gasteiger partial charge < -0.3 is 15.4 Å². The highest BCUT2D eigenvalue weighted by Crippen LogP contribution is 2.27. The molecule has 3 aromatic rings. The number of hydrogen-bond donors (Lipinski definition) is 2. The third-order valence-electron chi connectivity index (χ3n) is 4.94. The molecule has 0 fully saturated rings. The minimum absolute atomic E-state index is 0.0126. The monoisotopic (exact) mass is 360 g/mol. The number of nitrogens with one attached hydrogen (secondary N) is 2. The van der Waals surface area contributed by atoms with Crippen LogP contribution in [-0.4, -0.2) is 31.6 Å². The summed E-state index contributed by atoms with van der Waals surface area (Å²) in [6.07, 6.45) is 2.05. The quantitative estimate of drug-likeness (QED) is 0.634. The lowest BCUT2D eigenvalue weighted by atomic mass is 10.0. The van der Waals surface area contributed by atoms with Crippen LogP contribution in [0.5, 0.6) is 5.75 Å². The van der Waals surface area contributed by atoms with Gasteiger partial charge in [-0.1, -0.05) is 54.6 Å². The molecule has 4 rings (SSSR count). The van der Waals surface area contributed by atoms with Crippen LogP contribution in [0.4, 0.5) is 0 Å². The van der Waals surface area contributed by atoms with E-state index < -0.39 is 0 Å². The molecule has 1 unspecified atom stereocenters. The lowest BCUT2D eigenvalue weighted by Gasteiger charge is -2.12. The van der Waals surface area contributed by atoms with Crippen molar-refractivity contribution < 1.29 is 9.53 Å². The van der Waals surface area contributed by atoms with Gasteiger partial charge in [0, 0.05) is 25.1 Å². The maximum atomic E-state index is 12.5. The molecular weight excluding hydrogens is 336 g/mol. The fourth-order valence-electron chi connectivity index (χ4n) is 3.56. The Labute approximate surface area is 159 Å². The van der Waals surface area contributed by atoms with Crippen molar-refractivity contribution in [3.63, 3.8) is 0 Å². The molecule has 1 atom stereocenters. The van der Waals surface area contributed by atoms with Crippen molar-refractivity contribution in [2.24, 2.45) is 0 Å². The van der Waals surface area contributed by atoms with Crippen LogP contribution in [0.25, 0.3) is 10.8 Å². The fourth-order valence-corrected chi connectivity index (χ4v) is 3.56. The molecule has 138 valence electrons. The van der Waals surface area contributed by atoms with Crippen LogP contribution in [0.2, 0.25) is 0 Å². The van der Waals surface area contributed by atoms with Crippen molar-refractivity contribution in [1.29, 1.82) is 0 Å². The van der Waals surface area contributed by atoms with Gasteiger partial charge in [-0.3, -0.25) is 4.79 Å². The Morgan fingerprint density at radius 1 is 0.963 bits per heavy atom. The Bertz CT molecular complexity index is 908. The van der Waals surface area contributed by atoms with E-state index in [0.29, 0.717) is 6.54 Å². The lowest BCUT2D eigenvalue weighted by Crippen LogP contribution is -2.32. The van der Waals surface area contributed by atoms with Crippen LogP contribution < -0.4 is 15.4 Å². The molecule has 1 amide bonds. The molecule has 1 aliphatic rings. The zero-order chi connectivity index (χ0) is 18.5. The summed E-state index contributed by atoms with van der Waals surface area (Å²) in [6, 6.07) is 22.0. The van der Waals surface area contributed by atoms with E-state index in [9.17, 15) is 4.79 Å². The number of ether oxygens (including phenoxy) is 1. The molecule has 0 saturated heterocycles. The van der Waals surface area contributed by atoms with Gasteiger partial charge in [0.2, 0.25) is 0 Å². The number of carbonyl (C=O) groups is 1. The molecule has 3 aromatic carbocycles. The molecule has 4 heteroatoms. The number of rotatable bonds is 7. The van der Waals surface area contributed by atoms with Crippen molar-refractivity contribution in [3.8, 4) is 5.75 Å². The average molecular weight is 360 g/mol. The molecule has 0 aromatic heterocycles. The van der Waals surface area contributed by atoms with Gasteiger partial charge in [-0.2, -0.15) is 0 Å². The summed E-state index contributed by atoms with van der Waals surface area (Å²) < 4.78 is 5.92. The first-order valence-electron chi connectivity index (χ1n) is 9.52. The fraction of sp³-hybridized carbons (Fsp3) is 0.261. The predicted octanol–water partition coefficient (Wildman–Crippen LogP) is 3.55. The number of amides is 1. The molecule has 0 spiro atoms. The lowest BCUT2D eigenvalue weighted by molar-refractivity contribution is 0.0954. The molecule has 0 bridgehead atoms. The van der Waals surface area contributed by atoms with E-state index in [1.54, 1.807) is 0 Å². The van der Waals surface area contributed by atoms with Crippen LogP contribution in [0.15, 0.2) is 66.7 Å². The third-order valence-corrected chi connectivity index (χ3v) is 4.94. The summed E-state index contributed by atoms with van der Waals surface area (Å²) in [4.78, 5) is 12.5. The SMILES string of the molecule is O=C(NCCCNCC1Cc2ccccc2O1)c1cccc2ccccc12. The number of para-hydroxylation sites is 1. The highest BCUT2D eigenvalue weighted by atomic mass is 16.5. The summed E-state index contributed by atoms with van der Waals surface area (Å²) in [5.74, 6) is 0.994. The van der Waals surface area contributed by atoms with Gasteiger partial charge >= 0.3 is 0 Å². The number of benzene rings is 3. The van der Waals surface area contributed by atoms with Crippen molar-refractivity contribution in [1.82, 2.24) is 10.6 Å². The van der Waals surface area contributed by atoms with Gasteiger partial charge in [0.1, 0.15) is 11.9 Å². The standard InChI is InChI=1S/C23H24N2O2/c26-23(21-11-5-9-17-7-1-3-10-20(17)21)25-14-6-13-24-16-19-15-18-8-2-4-12-22(18)27-19/h1-5,7-12,19,24H,6,13-16H2,(H,25,26). The highest BCUT2D eigenvalue weighted by Gasteiger charge is 2.21. The topological polar surface area (TPSA) is 50.4 Å². The molecular formula is C23H24N2O2. The zero-order valence-electron chi connectivity index (χ0n) is 15.3. The first kappa shape index (κ1) is 17.6. The maximum Gasteiger partial charge on any atom is 0.251 e. The maximum absolute atomic E-state index is 12.5. The Morgan fingerprint density at radius 3 is 2.70 bits per heavy atom. The minimum atomic E-state index is -0.0126. The molecule has 1 heterocycles. The Morgan fingerprint density at radius 2 is 1.78 bits per heavy atom. The third kappa shape index (κ3) is 4.12. The van der Waals surface area contributed by atoms with Crippen molar-refractivity contribution in [2.75, 3.05) is 19.6 Å². The normalized spacial score (nSPS) is 15.3. The van der Waals surface area contributed by atoms with Crippen LogP contribution >= 0.6 is 0 Å². The Hall–Kier alpha value is -2.85. The Kier molecular flexibility index (Phi) is 5.35. The first-order valence-corrected chi connectivity index (χ1v) is 9.52. The van der Waals surface area contributed by atoms with Gasteiger partial charge in [0.05, 0.1) is 0 Å². The van der Waals surface area contributed by atoms with Crippen LogP contribution in [0.1, 0.15) is 22.3 Å². The van der Waals surface area contributed by atoms with Crippen molar-refractivity contribution in [2.45, 2.75) is 18.9 Å². The van der Waals surface area contributed by atoms with E-state index in [1.807, 2.05) is 54.6 Å². The van der Waals surface area contributed by atoms with E-state index in [4.69, 9.17) is 4.74 Å². The molecule has 2 N–H and O–H groups in total. The summed E-state index contributed by atoms with van der Waals surface area (Å²) in [7, 11) is 0. The largest absolute Gasteiger partial charge is 0.488 e. The Balaban J connectivity index is 1.18. The number of fused-ring (bicyclic) bond motifs is 2. The van der Waals surface area contributed by atoms with Gasteiger partial charge in [-0.05, 0) is 41.4 Å². The minimum Gasteiger partial charge on any atom is -0.488 e. The van der Waals surface area contributed by atoms with E-state index in [2.05, 4.69) is 22.8 Å². The molecule has 0 saturated carbocycles. The van der Waals surface area contributed by atoms with Crippen LogP contribution in [-0.2, 0) is 6.42 Å². The van der Waals surface area contributed by atoms with Crippen molar-refractivity contribution in [3.05, 3.63) is 77.9 Å². The number of hydrogen-bond acceptors (Lipinski definition) is 3. The van der Waals surface area contributed by atoms with Crippen LogP contribution in [0.3, 0.4) is 0 Å². The average Bonchev–Trinajstić information content (AvgIpc) is 3.13. The smallest absolute Gasteiger partial charge is 0.251 e. The van der Waals surface area contributed by atoms with Gasteiger partial charge in [-0.25, -0.2) is 0 Å². The van der Waals surface area contributed by atoms with E-state index in [-0.39, 0.29) is 12.0 Å². The predicted molar refractivity (Wildman–Crippen MR) is 108 cm³/mol. The molecule has 0 radical (unpaired) electrons. The summed E-state index contributed by atoms with van der Waals surface area (Å²) in [5.41, 5.74) is 2.02. The number of carbonyl (C=O) groups excluding carboxylic acids is 1. The second-order valence-corrected chi connectivity index (χ2v) is 6.89. The van der Waals surface area contributed by atoms with Gasteiger partial charge in [-0.15, -0.1) is 0 Å². The summed E-state index contributed by atoms with van der Waals surface area (Å²) in [6.45, 7) is 2.33. The van der Waals surface area contributed by atoms with Gasteiger partial charge in [0.15, 0.2) is 0 Å². The second-order valence-electron chi connectivity index (χ2n) is 6.89. The van der Waals surface area contributed by atoms with Crippen molar-refractivity contribution >= 4 is 16.7 Å². The molecule has 0 aliphatic carbocycles. The van der Waals surface area contributed by atoms with E-state index in [0.717, 1.165) is 48.0 Å².